The van der Waals surface area contributed by atoms with E-state index in [-0.39, 0.29) is 7.43 Å². The molecule has 0 aromatic rings. The Labute approximate surface area is 35.9 Å². The predicted octanol–water partition coefficient (Wildman–Crippen LogP) is 1.36. The lowest BCUT2D eigenvalue weighted by Crippen LogP contribution is -1.82. The summed E-state index contributed by atoms with van der Waals surface area (Å²) in [5.41, 5.74) is 0. The molecule has 0 aromatic carbocycles. The average Bonchev–Trinajstić information content (AvgIpc) is 1.38. The van der Waals surface area contributed by atoms with Gasteiger partial charge >= 0.3 is 6.22 Å². The van der Waals surface area contributed by atoms with Crippen LogP contribution in [0.3, 0.4) is 0 Å². The lowest BCUT2D eigenvalue weighted by Gasteiger charge is -1.75. The van der Waals surface area contributed by atoms with Crippen molar-refractivity contribution in [2.45, 2.75) is 7.43 Å². The standard InChI is InChI=1S/C2H3FO2.CH4/c1-5-2(3)4;/h1H3;1H4. The van der Waals surface area contributed by atoms with Crippen molar-refractivity contribution >= 4 is 6.22 Å². The van der Waals surface area contributed by atoms with Crippen molar-refractivity contribution in [1.82, 2.24) is 0 Å². The van der Waals surface area contributed by atoms with Crippen molar-refractivity contribution in [2.24, 2.45) is 0 Å². The Bertz CT molecular complexity index is 44.1. The molecule has 38 valence electrons. The molecule has 0 aromatic heterocycles. The molecular weight excluding hydrogens is 87.0 g/mol. The molecule has 6 heavy (non-hydrogen) atoms. The Kier molecular flexibility index (Phi) is 6.63. The van der Waals surface area contributed by atoms with Gasteiger partial charge in [-0.3, -0.25) is 0 Å². The normalized spacial score (nSPS) is 5.67. The molecule has 0 radical (unpaired) electrons. The van der Waals surface area contributed by atoms with Crippen molar-refractivity contribution in [3.63, 3.8) is 0 Å². The largest absolute Gasteiger partial charge is 0.495 e. The van der Waals surface area contributed by atoms with Gasteiger partial charge in [-0.25, -0.2) is 4.79 Å². The molecule has 0 N–H and O–H groups in total. The number of halogens is 1. The molecular formula is C3H7FO2. The van der Waals surface area contributed by atoms with Gasteiger partial charge in [-0.15, -0.1) is 4.39 Å². The van der Waals surface area contributed by atoms with Gasteiger partial charge < -0.3 is 4.74 Å². The van der Waals surface area contributed by atoms with Crippen molar-refractivity contribution < 1.29 is 13.9 Å². The molecule has 0 bridgehead atoms. The topological polar surface area (TPSA) is 26.3 Å². The summed E-state index contributed by atoms with van der Waals surface area (Å²) in [5, 5.41) is 0. The average molecular weight is 94.1 g/mol. The molecule has 0 rings (SSSR count). The van der Waals surface area contributed by atoms with Crippen LogP contribution in [0.4, 0.5) is 9.18 Å². The van der Waals surface area contributed by atoms with Crippen LogP contribution >= 0.6 is 0 Å². The van der Waals surface area contributed by atoms with E-state index < -0.39 is 6.22 Å². The molecule has 0 unspecified atom stereocenters. The highest BCUT2D eigenvalue weighted by Crippen LogP contribution is 1.71. The Hall–Kier alpha value is -0.600. The van der Waals surface area contributed by atoms with E-state index in [1.807, 2.05) is 0 Å². The number of methoxy groups -OCH3 is 1. The highest BCUT2D eigenvalue weighted by molar-refractivity contribution is 5.57. The van der Waals surface area contributed by atoms with Gasteiger partial charge in [-0.1, -0.05) is 7.43 Å². The maximum Gasteiger partial charge on any atom is 0.495 e. The van der Waals surface area contributed by atoms with Crippen LogP contribution in [0.15, 0.2) is 0 Å². The van der Waals surface area contributed by atoms with Crippen molar-refractivity contribution in [3.8, 4) is 0 Å². The van der Waals surface area contributed by atoms with Crippen LogP contribution in [0.5, 0.6) is 0 Å². The van der Waals surface area contributed by atoms with Crippen LogP contribution in [-0.2, 0) is 4.74 Å². The van der Waals surface area contributed by atoms with E-state index in [0.29, 0.717) is 0 Å². The van der Waals surface area contributed by atoms with E-state index >= 15 is 0 Å². The zero-order valence-electron chi connectivity index (χ0n) is 2.69. The summed E-state index contributed by atoms with van der Waals surface area (Å²) in [6.45, 7) is 0. The van der Waals surface area contributed by atoms with Crippen LogP contribution in [0, 0.1) is 0 Å². The second-order valence-corrected chi connectivity index (χ2v) is 0.442. The van der Waals surface area contributed by atoms with E-state index in [9.17, 15) is 4.39 Å². The lowest BCUT2D eigenvalue weighted by atomic mass is 11.4. The third-order valence-corrected chi connectivity index (χ3v) is 0.160. The number of carbonyl (C=O) groups excluding carboxylic acids is 1. The SMILES string of the molecule is C.COC(=O)F. The van der Waals surface area contributed by atoms with Gasteiger partial charge in [0.05, 0.1) is 7.11 Å². The van der Waals surface area contributed by atoms with Gasteiger partial charge in [0.1, 0.15) is 0 Å². The first-order valence-electron chi connectivity index (χ1n) is 1.01. The summed E-state index contributed by atoms with van der Waals surface area (Å²) in [6.07, 6.45) is -1.75. The van der Waals surface area contributed by atoms with Crippen LogP contribution in [0.2, 0.25) is 0 Å². The number of rotatable bonds is 0. The van der Waals surface area contributed by atoms with Gasteiger partial charge in [0, 0.05) is 0 Å². The lowest BCUT2D eigenvalue weighted by molar-refractivity contribution is 0.145. The highest BCUT2D eigenvalue weighted by atomic mass is 19.1. The minimum atomic E-state index is -1.75. The van der Waals surface area contributed by atoms with Gasteiger partial charge in [0.25, 0.3) is 0 Å². The second kappa shape index (κ2) is 4.40. The smallest absolute Gasteiger partial charge is 0.444 e. The summed E-state index contributed by atoms with van der Waals surface area (Å²) in [5.74, 6) is 0. The van der Waals surface area contributed by atoms with Gasteiger partial charge in [-0.05, 0) is 0 Å². The summed E-state index contributed by atoms with van der Waals surface area (Å²) in [4.78, 5) is 8.92. The van der Waals surface area contributed by atoms with E-state index in [2.05, 4.69) is 4.74 Å². The molecule has 3 heteroatoms. The summed E-state index contributed by atoms with van der Waals surface area (Å²) >= 11 is 0. The summed E-state index contributed by atoms with van der Waals surface area (Å²) in [7, 11) is 0.975. The number of carbonyl (C=O) groups is 1. The minimum absolute atomic E-state index is 0. The molecule has 2 nitrogen and oxygen atoms in total. The number of hydrogen-bond donors (Lipinski definition) is 0. The molecule has 0 saturated heterocycles. The molecule has 0 amide bonds. The van der Waals surface area contributed by atoms with E-state index in [0.717, 1.165) is 7.11 Å². The van der Waals surface area contributed by atoms with Gasteiger partial charge in [0.15, 0.2) is 0 Å². The third-order valence-electron chi connectivity index (χ3n) is 0.160. The summed E-state index contributed by atoms with van der Waals surface area (Å²) in [6, 6.07) is 0. The number of ether oxygens (including phenoxy) is 1. The van der Waals surface area contributed by atoms with Gasteiger partial charge in [0.2, 0.25) is 0 Å². The van der Waals surface area contributed by atoms with Gasteiger partial charge in [-0.2, -0.15) is 0 Å². The molecule has 0 heterocycles. The highest BCUT2D eigenvalue weighted by Gasteiger charge is 1.84. The predicted molar refractivity (Wildman–Crippen MR) is 20.2 cm³/mol. The maximum atomic E-state index is 10.6. The maximum absolute atomic E-state index is 10.6. The first-order chi connectivity index (χ1) is 2.27. The van der Waals surface area contributed by atoms with E-state index in [1.165, 1.54) is 0 Å². The van der Waals surface area contributed by atoms with Crippen LogP contribution in [0.25, 0.3) is 0 Å². The fraction of sp³-hybridized carbons (Fsp3) is 0.667. The van der Waals surface area contributed by atoms with Crippen molar-refractivity contribution in [3.05, 3.63) is 0 Å². The van der Waals surface area contributed by atoms with Crippen molar-refractivity contribution in [2.75, 3.05) is 7.11 Å². The molecule has 0 aliphatic carbocycles. The first-order valence-corrected chi connectivity index (χ1v) is 1.01. The Balaban J connectivity index is 0. The molecule has 0 aliphatic rings. The monoisotopic (exact) mass is 94.0 g/mol. The molecule has 0 spiro atoms. The van der Waals surface area contributed by atoms with Crippen LogP contribution < -0.4 is 0 Å². The van der Waals surface area contributed by atoms with E-state index in [4.69, 9.17) is 4.79 Å². The van der Waals surface area contributed by atoms with Crippen molar-refractivity contribution in [1.29, 1.82) is 0 Å². The Morgan fingerprint density at radius 3 is 2.00 bits per heavy atom. The van der Waals surface area contributed by atoms with E-state index in [1.54, 1.807) is 0 Å². The summed E-state index contributed by atoms with van der Waals surface area (Å²) < 4.78 is 14.0. The zero-order chi connectivity index (χ0) is 4.28. The Morgan fingerprint density at radius 1 is 1.83 bits per heavy atom. The van der Waals surface area contributed by atoms with Crippen LogP contribution in [0.1, 0.15) is 7.43 Å². The zero-order valence-corrected chi connectivity index (χ0v) is 2.69. The molecule has 0 aliphatic heterocycles. The molecule has 0 saturated carbocycles. The first kappa shape index (κ1) is 9.04. The van der Waals surface area contributed by atoms with Crippen LogP contribution in [-0.4, -0.2) is 13.3 Å². The Morgan fingerprint density at radius 2 is 2.00 bits per heavy atom. The molecule has 0 fully saturated rings. The fourth-order valence-corrected chi connectivity index (χ4v) is 0. The fourth-order valence-electron chi connectivity index (χ4n) is 0. The molecule has 0 atom stereocenters. The quantitative estimate of drug-likeness (QED) is 0.423. The third kappa shape index (κ3) is 9.99. The minimum Gasteiger partial charge on any atom is -0.444 e. The second-order valence-electron chi connectivity index (χ2n) is 0.442. The number of hydrogen-bond acceptors (Lipinski definition) is 2.